The lowest BCUT2D eigenvalue weighted by atomic mass is 10.1. The van der Waals surface area contributed by atoms with Crippen LogP contribution in [0.15, 0.2) is 41.3 Å². The molecule has 0 atom stereocenters. The molecule has 0 heterocycles. The molecule has 8 heteroatoms. The summed E-state index contributed by atoms with van der Waals surface area (Å²) in [7, 11) is -1.00. The summed E-state index contributed by atoms with van der Waals surface area (Å²) < 4.78 is 37.1. The van der Waals surface area contributed by atoms with Crippen molar-refractivity contribution in [2.75, 3.05) is 25.1 Å². The van der Waals surface area contributed by atoms with Gasteiger partial charge in [0.2, 0.25) is 0 Å². The molecule has 140 valence electrons. The zero-order valence-corrected chi connectivity index (χ0v) is 16.5. The highest BCUT2D eigenvalue weighted by atomic mass is 35.5. The Morgan fingerprint density at radius 1 is 1.23 bits per heavy atom. The van der Waals surface area contributed by atoms with E-state index in [1.807, 2.05) is 0 Å². The summed E-state index contributed by atoms with van der Waals surface area (Å²) in [4.78, 5) is 12.1. The minimum Gasteiger partial charge on any atom is -0.495 e. The number of rotatable bonds is 6. The number of esters is 1. The molecule has 2 aromatic carbocycles. The number of nitrogens with zero attached hydrogens (tertiary/aromatic N) is 1. The molecule has 0 N–H and O–H groups in total. The summed E-state index contributed by atoms with van der Waals surface area (Å²) in [6.07, 6.45) is 0. The fraction of sp³-hybridized carbons (Fsp3) is 0.278. The SMILES string of the molecule is CCOC(=O)c1cccc(N(C)S(=O)(=O)c2ccc(OC)c(Cl)c2)c1C. The number of carbonyl (C=O) groups is 1. The van der Waals surface area contributed by atoms with Crippen molar-refractivity contribution in [3.8, 4) is 5.75 Å². The van der Waals surface area contributed by atoms with Crippen LogP contribution in [0.5, 0.6) is 5.75 Å². The van der Waals surface area contributed by atoms with Crippen LogP contribution < -0.4 is 9.04 Å². The predicted molar refractivity (Wildman–Crippen MR) is 101 cm³/mol. The zero-order chi connectivity index (χ0) is 19.5. The second-order valence-corrected chi connectivity index (χ2v) is 7.82. The van der Waals surface area contributed by atoms with Crippen LogP contribution in [-0.2, 0) is 14.8 Å². The van der Waals surface area contributed by atoms with Gasteiger partial charge in [0.25, 0.3) is 10.0 Å². The van der Waals surface area contributed by atoms with E-state index in [1.165, 1.54) is 32.4 Å². The van der Waals surface area contributed by atoms with E-state index in [0.29, 0.717) is 22.6 Å². The van der Waals surface area contributed by atoms with Crippen molar-refractivity contribution in [1.82, 2.24) is 0 Å². The molecule has 6 nitrogen and oxygen atoms in total. The highest BCUT2D eigenvalue weighted by Crippen LogP contribution is 2.31. The molecule has 2 aromatic rings. The summed E-state index contributed by atoms with van der Waals surface area (Å²) in [5.41, 5.74) is 1.21. The van der Waals surface area contributed by atoms with Gasteiger partial charge >= 0.3 is 5.97 Å². The smallest absolute Gasteiger partial charge is 0.338 e. The molecule has 0 aliphatic heterocycles. The minimum absolute atomic E-state index is 0.0201. The number of ether oxygens (including phenoxy) is 2. The average molecular weight is 398 g/mol. The highest BCUT2D eigenvalue weighted by molar-refractivity contribution is 7.92. The average Bonchev–Trinajstić information content (AvgIpc) is 2.61. The molecule has 0 unspecified atom stereocenters. The molecule has 0 radical (unpaired) electrons. The molecule has 0 aromatic heterocycles. The lowest BCUT2D eigenvalue weighted by molar-refractivity contribution is 0.0525. The monoisotopic (exact) mass is 397 g/mol. The Hall–Kier alpha value is -2.25. The Kier molecular flexibility index (Phi) is 6.15. The maximum Gasteiger partial charge on any atom is 0.338 e. The molecule has 0 saturated heterocycles. The molecule has 0 spiro atoms. The second kappa shape index (κ2) is 7.97. The summed E-state index contributed by atoms with van der Waals surface area (Å²) >= 11 is 6.05. The first kappa shape index (κ1) is 20.1. The molecular weight excluding hydrogens is 378 g/mol. The minimum atomic E-state index is -3.88. The summed E-state index contributed by atoms with van der Waals surface area (Å²) in [5, 5.41) is 0.193. The van der Waals surface area contributed by atoms with Gasteiger partial charge in [-0.2, -0.15) is 0 Å². The third-order valence-electron chi connectivity index (χ3n) is 3.92. The van der Waals surface area contributed by atoms with Crippen LogP contribution >= 0.6 is 11.6 Å². The Labute approximate surface area is 158 Å². The predicted octanol–water partition coefficient (Wildman–Crippen LogP) is 3.66. The van der Waals surface area contributed by atoms with E-state index in [-0.39, 0.29) is 16.5 Å². The van der Waals surface area contributed by atoms with E-state index >= 15 is 0 Å². The number of halogens is 1. The molecule has 0 amide bonds. The summed E-state index contributed by atoms with van der Waals surface area (Å²) in [6.45, 7) is 3.62. The van der Waals surface area contributed by atoms with Gasteiger partial charge in [-0.25, -0.2) is 13.2 Å². The molecule has 26 heavy (non-hydrogen) atoms. The molecule has 0 bridgehead atoms. The van der Waals surface area contributed by atoms with Gasteiger partial charge in [-0.3, -0.25) is 4.31 Å². The molecule has 0 aliphatic carbocycles. The molecular formula is C18H20ClNO5S. The maximum atomic E-state index is 13.0. The van der Waals surface area contributed by atoms with Gasteiger partial charge in [0.15, 0.2) is 0 Å². The number of sulfonamides is 1. The lowest BCUT2D eigenvalue weighted by Gasteiger charge is -2.22. The van der Waals surface area contributed by atoms with Gasteiger partial charge in [0.1, 0.15) is 5.75 Å². The van der Waals surface area contributed by atoms with Crippen LogP contribution in [0.3, 0.4) is 0 Å². The van der Waals surface area contributed by atoms with Crippen LogP contribution in [0.1, 0.15) is 22.8 Å². The maximum absolute atomic E-state index is 13.0. The Morgan fingerprint density at radius 3 is 2.50 bits per heavy atom. The first-order chi connectivity index (χ1) is 12.2. The zero-order valence-electron chi connectivity index (χ0n) is 14.9. The van der Waals surface area contributed by atoms with Crippen molar-refractivity contribution < 1.29 is 22.7 Å². The van der Waals surface area contributed by atoms with Crippen molar-refractivity contribution in [1.29, 1.82) is 0 Å². The second-order valence-electron chi connectivity index (χ2n) is 5.44. The third kappa shape index (κ3) is 3.78. The molecule has 0 fully saturated rings. The largest absolute Gasteiger partial charge is 0.495 e. The van der Waals surface area contributed by atoms with Gasteiger partial charge in [-0.05, 0) is 49.7 Å². The van der Waals surface area contributed by atoms with E-state index in [9.17, 15) is 13.2 Å². The van der Waals surface area contributed by atoms with Crippen LogP contribution in [-0.4, -0.2) is 35.2 Å². The number of benzene rings is 2. The van der Waals surface area contributed by atoms with E-state index in [2.05, 4.69) is 0 Å². The van der Waals surface area contributed by atoms with Crippen molar-refractivity contribution in [2.45, 2.75) is 18.7 Å². The van der Waals surface area contributed by atoms with Crippen molar-refractivity contribution >= 4 is 33.3 Å². The topological polar surface area (TPSA) is 72.9 Å². The number of methoxy groups -OCH3 is 1. The summed E-state index contributed by atoms with van der Waals surface area (Å²) in [6, 6.07) is 9.08. The van der Waals surface area contributed by atoms with Gasteiger partial charge in [0, 0.05) is 7.05 Å². The first-order valence-electron chi connectivity index (χ1n) is 7.83. The van der Waals surface area contributed by atoms with Crippen molar-refractivity contribution in [3.05, 3.63) is 52.5 Å². The van der Waals surface area contributed by atoms with Crippen LogP contribution in [0, 0.1) is 6.92 Å². The first-order valence-corrected chi connectivity index (χ1v) is 9.65. The molecule has 0 saturated carbocycles. The summed E-state index contributed by atoms with van der Waals surface area (Å²) in [5.74, 6) is -0.112. The van der Waals surface area contributed by atoms with E-state index < -0.39 is 16.0 Å². The highest BCUT2D eigenvalue weighted by Gasteiger charge is 2.25. The molecule has 2 rings (SSSR count). The quantitative estimate of drug-likeness (QED) is 0.695. The van der Waals surface area contributed by atoms with E-state index in [1.54, 1.807) is 32.0 Å². The Bertz CT molecular complexity index is 927. The van der Waals surface area contributed by atoms with Crippen LogP contribution in [0.4, 0.5) is 5.69 Å². The third-order valence-corrected chi connectivity index (χ3v) is 5.98. The number of carbonyl (C=O) groups excluding carboxylic acids is 1. The van der Waals surface area contributed by atoms with Crippen LogP contribution in [0.25, 0.3) is 0 Å². The number of hydrogen-bond donors (Lipinski definition) is 0. The number of hydrogen-bond acceptors (Lipinski definition) is 5. The van der Waals surface area contributed by atoms with Gasteiger partial charge in [0.05, 0.1) is 34.9 Å². The Balaban J connectivity index is 2.48. The van der Waals surface area contributed by atoms with Crippen LogP contribution in [0.2, 0.25) is 5.02 Å². The van der Waals surface area contributed by atoms with E-state index in [4.69, 9.17) is 21.1 Å². The standard InChI is InChI=1S/C18H20ClNO5S/c1-5-25-18(21)14-7-6-8-16(12(14)2)20(3)26(22,23)13-9-10-17(24-4)15(19)11-13/h6-11H,5H2,1-4H3. The molecule has 0 aliphatic rings. The normalized spacial score (nSPS) is 11.1. The van der Waals surface area contributed by atoms with Crippen molar-refractivity contribution in [3.63, 3.8) is 0 Å². The van der Waals surface area contributed by atoms with Gasteiger partial charge < -0.3 is 9.47 Å². The van der Waals surface area contributed by atoms with E-state index in [0.717, 1.165) is 4.31 Å². The lowest BCUT2D eigenvalue weighted by Crippen LogP contribution is -2.27. The Morgan fingerprint density at radius 2 is 1.92 bits per heavy atom. The van der Waals surface area contributed by atoms with Gasteiger partial charge in [-0.1, -0.05) is 17.7 Å². The van der Waals surface area contributed by atoms with Gasteiger partial charge in [-0.15, -0.1) is 0 Å². The number of anilines is 1. The fourth-order valence-electron chi connectivity index (χ4n) is 2.49. The fourth-order valence-corrected chi connectivity index (χ4v) is 4.09. The van der Waals surface area contributed by atoms with Crippen molar-refractivity contribution in [2.24, 2.45) is 0 Å².